The number of nitrogens with one attached hydrogen (secondary N) is 1. The molecule has 1 aromatic rings. The van der Waals surface area contributed by atoms with E-state index in [4.69, 9.17) is 16.7 Å². The second kappa shape index (κ2) is 5.51. The third-order valence-electron chi connectivity index (χ3n) is 2.25. The first kappa shape index (κ1) is 12.5. The first-order chi connectivity index (χ1) is 7.54. The molecule has 2 N–H and O–H groups in total. The Balaban J connectivity index is 2.95. The van der Waals surface area contributed by atoms with Crippen LogP contribution in [-0.2, 0) is 9.59 Å². The number of hydrogen-bond donors (Lipinski definition) is 2. The second-order valence-corrected chi connectivity index (χ2v) is 3.85. The number of carbonyl (C=O) groups excluding carboxylic acids is 1. The summed E-state index contributed by atoms with van der Waals surface area (Å²) in [7, 11) is 0. The zero-order valence-corrected chi connectivity index (χ0v) is 9.49. The Bertz CT molecular complexity index is 406. The number of aliphatic carboxylic acids is 1. The predicted molar refractivity (Wildman–Crippen MR) is 60.4 cm³/mol. The summed E-state index contributed by atoms with van der Waals surface area (Å²) in [5.41, 5.74) is 1.59. The van der Waals surface area contributed by atoms with Crippen LogP contribution in [0.25, 0.3) is 0 Å². The van der Waals surface area contributed by atoms with E-state index in [1.807, 2.05) is 6.92 Å². The van der Waals surface area contributed by atoms with Crippen LogP contribution in [-0.4, -0.2) is 17.5 Å². The molecule has 16 heavy (non-hydrogen) atoms. The molecule has 1 rings (SSSR count). The topological polar surface area (TPSA) is 66.4 Å². The van der Waals surface area contributed by atoms with Crippen molar-refractivity contribution >= 4 is 24.0 Å². The van der Waals surface area contributed by atoms with Gasteiger partial charge in [-0.15, -0.1) is 0 Å². The minimum absolute atomic E-state index is 0.169. The average Bonchev–Trinajstić information content (AvgIpc) is 2.21. The smallest absolute Gasteiger partial charge is 0.305 e. The fraction of sp³-hybridized carbons (Fsp3) is 0.273. The van der Waals surface area contributed by atoms with Gasteiger partial charge in [0.15, 0.2) is 0 Å². The van der Waals surface area contributed by atoms with Gasteiger partial charge in [-0.25, -0.2) is 0 Å². The summed E-state index contributed by atoms with van der Waals surface area (Å²) in [6, 6.07) is 4.67. The molecule has 0 saturated carbocycles. The monoisotopic (exact) mass is 241 g/mol. The minimum Gasteiger partial charge on any atom is -0.481 e. The highest BCUT2D eigenvalue weighted by Gasteiger charge is 2.15. The van der Waals surface area contributed by atoms with Crippen LogP contribution in [0.15, 0.2) is 18.2 Å². The first-order valence-electron chi connectivity index (χ1n) is 4.72. The van der Waals surface area contributed by atoms with Crippen molar-refractivity contribution in [3.63, 3.8) is 0 Å². The number of rotatable bonds is 5. The van der Waals surface area contributed by atoms with Gasteiger partial charge in [-0.2, -0.15) is 0 Å². The second-order valence-electron chi connectivity index (χ2n) is 3.44. The molecule has 0 aliphatic heterocycles. The molecule has 1 atom stereocenters. The lowest BCUT2D eigenvalue weighted by Crippen LogP contribution is -2.22. The Morgan fingerprint density at radius 1 is 1.62 bits per heavy atom. The molecule has 0 aromatic heterocycles. The summed E-state index contributed by atoms with van der Waals surface area (Å²) < 4.78 is 0. The van der Waals surface area contributed by atoms with Gasteiger partial charge in [-0.05, 0) is 24.1 Å². The molecule has 1 aromatic carbocycles. The van der Waals surface area contributed by atoms with E-state index in [-0.39, 0.29) is 6.42 Å². The molecule has 86 valence electrons. The van der Waals surface area contributed by atoms with Gasteiger partial charge in [0.25, 0.3) is 0 Å². The van der Waals surface area contributed by atoms with E-state index in [0.717, 1.165) is 5.56 Å². The maximum atomic E-state index is 10.6. The quantitative estimate of drug-likeness (QED) is 0.774. The molecule has 1 unspecified atom stereocenters. The lowest BCUT2D eigenvalue weighted by Gasteiger charge is -2.15. The summed E-state index contributed by atoms with van der Waals surface area (Å²) >= 11 is 5.93. The van der Waals surface area contributed by atoms with Crippen LogP contribution in [0.2, 0.25) is 5.02 Å². The molecule has 1 amide bonds. The number of carboxylic acid groups (broad SMARTS) is 1. The number of benzene rings is 1. The van der Waals surface area contributed by atoms with Crippen LogP contribution in [0.4, 0.5) is 0 Å². The highest BCUT2D eigenvalue weighted by molar-refractivity contribution is 6.31. The van der Waals surface area contributed by atoms with E-state index >= 15 is 0 Å². The summed E-state index contributed by atoms with van der Waals surface area (Å²) in [5, 5.41) is 11.7. The lowest BCUT2D eigenvalue weighted by atomic mass is 10.0. The van der Waals surface area contributed by atoms with E-state index in [9.17, 15) is 9.59 Å². The highest BCUT2D eigenvalue weighted by Crippen LogP contribution is 2.23. The van der Waals surface area contributed by atoms with Crippen molar-refractivity contribution < 1.29 is 14.7 Å². The van der Waals surface area contributed by atoms with E-state index in [0.29, 0.717) is 17.0 Å². The van der Waals surface area contributed by atoms with Crippen molar-refractivity contribution in [2.24, 2.45) is 0 Å². The molecule has 0 radical (unpaired) electrons. The van der Waals surface area contributed by atoms with Crippen LogP contribution < -0.4 is 5.32 Å². The third-order valence-corrected chi connectivity index (χ3v) is 2.65. The maximum Gasteiger partial charge on any atom is 0.305 e. The normalized spacial score (nSPS) is 11.9. The third kappa shape index (κ3) is 3.24. The van der Waals surface area contributed by atoms with Gasteiger partial charge in [0, 0.05) is 5.02 Å². The number of carboxylic acids is 1. The van der Waals surface area contributed by atoms with Crippen molar-refractivity contribution in [2.45, 2.75) is 19.4 Å². The van der Waals surface area contributed by atoms with Gasteiger partial charge in [0.2, 0.25) is 6.41 Å². The molecule has 5 heteroatoms. The fourth-order valence-corrected chi connectivity index (χ4v) is 1.54. The van der Waals surface area contributed by atoms with E-state index in [1.165, 1.54) is 0 Å². The molecule has 0 heterocycles. The van der Waals surface area contributed by atoms with Gasteiger partial charge in [-0.3, -0.25) is 9.59 Å². The van der Waals surface area contributed by atoms with Gasteiger partial charge in [0.1, 0.15) is 0 Å². The van der Waals surface area contributed by atoms with Crippen LogP contribution in [0.1, 0.15) is 23.6 Å². The zero-order valence-electron chi connectivity index (χ0n) is 8.74. The molecule has 0 aliphatic rings. The summed E-state index contributed by atoms with van der Waals surface area (Å²) in [4.78, 5) is 21.0. The largest absolute Gasteiger partial charge is 0.481 e. The molecular weight excluding hydrogens is 230 g/mol. The van der Waals surface area contributed by atoms with E-state index in [1.54, 1.807) is 18.2 Å². The molecule has 4 nitrogen and oxygen atoms in total. The molecule has 0 aliphatic carbocycles. The van der Waals surface area contributed by atoms with E-state index in [2.05, 4.69) is 5.32 Å². The average molecular weight is 242 g/mol. The minimum atomic E-state index is -0.976. The number of amides is 1. The molecule has 0 spiro atoms. The van der Waals surface area contributed by atoms with Crippen molar-refractivity contribution in [2.75, 3.05) is 0 Å². The summed E-state index contributed by atoms with van der Waals surface area (Å²) in [6.07, 6.45) is 0.319. The Labute approximate surface area is 98.2 Å². The lowest BCUT2D eigenvalue weighted by molar-refractivity contribution is -0.137. The van der Waals surface area contributed by atoms with Crippen LogP contribution in [0.3, 0.4) is 0 Å². The number of aryl methyl sites for hydroxylation is 1. The molecular formula is C11H12ClNO3. The van der Waals surface area contributed by atoms with Crippen LogP contribution in [0, 0.1) is 6.92 Å². The Hall–Kier alpha value is -1.55. The summed E-state index contributed by atoms with van der Waals surface area (Å²) in [5.74, 6) is -0.976. The SMILES string of the molecule is Cc1ccc(C(CC(=O)O)NC=O)cc1Cl. The standard InChI is InChI=1S/C11H12ClNO3/c1-7-2-3-8(4-9(7)12)10(13-6-14)5-11(15)16/h2-4,6,10H,5H2,1H3,(H,13,14)(H,15,16). The molecule has 0 saturated heterocycles. The summed E-state index contributed by atoms with van der Waals surface area (Å²) in [6.45, 7) is 1.85. The zero-order chi connectivity index (χ0) is 12.1. The number of halogens is 1. The number of carbonyl (C=O) groups is 2. The Kier molecular flexibility index (Phi) is 4.31. The van der Waals surface area contributed by atoms with Crippen molar-refractivity contribution in [1.29, 1.82) is 0 Å². The molecule has 0 bridgehead atoms. The predicted octanol–water partition coefficient (Wildman–Crippen LogP) is 1.91. The first-order valence-corrected chi connectivity index (χ1v) is 5.10. The van der Waals surface area contributed by atoms with Crippen LogP contribution >= 0.6 is 11.6 Å². The Morgan fingerprint density at radius 3 is 2.81 bits per heavy atom. The van der Waals surface area contributed by atoms with E-state index < -0.39 is 12.0 Å². The Morgan fingerprint density at radius 2 is 2.31 bits per heavy atom. The van der Waals surface area contributed by atoms with Crippen molar-refractivity contribution in [1.82, 2.24) is 5.32 Å². The molecule has 0 fully saturated rings. The van der Waals surface area contributed by atoms with Crippen molar-refractivity contribution in [3.05, 3.63) is 34.3 Å². The maximum absolute atomic E-state index is 10.6. The van der Waals surface area contributed by atoms with Gasteiger partial charge < -0.3 is 10.4 Å². The number of hydrogen-bond acceptors (Lipinski definition) is 2. The van der Waals surface area contributed by atoms with Gasteiger partial charge >= 0.3 is 5.97 Å². The fourth-order valence-electron chi connectivity index (χ4n) is 1.36. The van der Waals surface area contributed by atoms with Gasteiger partial charge in [0.05, 0.1) is 12.5 Å². The van der Waals surface area contributed by atoms with Crippen LogP contribution in [0.5, 0.6) is 0 Å². The van der Waals surface area contributed by atoms with Crippen molar-refractivity contribution in [3.8, 4) is 0 Å². The van der Waals surface area contributed by atoms with Gasteiger partial charge in [-0.1, -0.05) is 23.7 Å². The highest BCUT2D eigenvalue weighted by atomic mass is 35.5.